The number of hydrogen-bond acceptors (Lipinski definition) is 2. The van der Waals surface area contributed by atoms with Gasteiger partial charge in [0.2, 0.25) is 0 Å². The molecule has 0 amide bonds. The number of allylic oxidation sites excluding steroid dienone is 2. The van der Waals surface area contributed by atoms with Gasteiger partial charge in [-0.25, -0.2) is 23.9 Å². The molecule has 0 saturated heterocycles. The van der Waals surface area contributed by atoms with Crippen molar-refractivity contribution in [1.29, 1.82) is 0 Å². The van der Waals surface area contributed by atoms with Gasteiger partial charge in [0.1, 0.15) is 0 Å². The summed E-state index contributed by atoms with van der Waals surface area (Å²) in [4.78, 5) is 23.1. The topological polar surface area (TPSA) is 59.8 Å². The van der Waals surface area contributed by atoms with Crippen molar-refractivity contribution >= 4 is 0 Å². The maximum Gasteiger partial charge on any atom is 0.347 e. The van der Waals surface area contributed by atoms with Crippen LogP contribution in [-0.4, -0.2) is 14.3 Å². The van der Waals surface area contributed by atoms with Gasteiger partial charge in [-0.2, -0.15) is 0 Å². The third-order valence-electron chi connectivity index (χ3n) is 1.98. The molecule has 0 spiro atoms. The van der Waals surface area contributed by atoms with Crippen molar-refractivity contribution in [2.75, 3.05) is 0 Å². The van der Waals surface area contributed by atoms with E-state index in [1.807, 2.05) is 0 Å². The Bertz CT molecular complexity index is 510. The van der Waals surface area contributed by atoms with Crippen LogP contribution < -0.4 is 11.4 Å². The normalized spacial score (nSPS) is 17.9. The van der Waals surface area contributed by atoms with Crippen LogP contribution in [0, 0.1) is 0 Å². The molecule has 5 heteroatoms. The van der Waals surface area contributed by atoms with Crippen molar-refractivity contribution in [3.8, 4) is 0 Å². The van der Waals surface area contributed by atoms with E-state index in [1.54, 1.807) is 26.0 Å². The fourth-order valence-corrected chi connectivity index (χ4v) is 1.16. The van der Waals surface area contributed by atoms with Crippen LogP contribution in [0.5, 0.6) is 0 Å². The third kappa shape index (κ3) is 1.71. The van der Waals surface area contributed by atoms with Crippen molar-refractivity contribution in [3.05, 3.63) is 33.1 Å². The second-order valence-corrected chi connectivity index (χ2v) is 2.92. The molecule has 1 aromatic heterocycles. The smallest absolute Gasteiger partial charge is 0.246 e. The fraction of sp³-hybridized carbons (Fsp3) is 0.556. The summed E-state index contributed by atoms with van der Waals surface area (Å²) in [5.41, 5.74) is -1.29. The maximum atomic E-state index is 11.7. The van der Waals surface area contributed by atoms with Gasteiger partial charge in [0, 0.05) is 8.42 Å². The lowest BCUT2D eigenvalue weighted by Gasteiger charge is -2.08. The zero-order chi connectivity index (χ0) is 12.5. The van der Waals surface area contributed by atoms with Crippen molar-refractivity contribution in [2.24, 2.45) is 7.05 Å². The lowest BCUT2D eigenvalue weighted by Crippen LogP contribution is -2.27. The molecule has 0 saturated carbocycles. The number of nitrogens with zero attached hydrogens (tertiary/aromatic N) is 2. The van der Waals surface area contributed by atoms with Crippen LogP contribution in [0.15, 0.2) is 21.7 Å². The van der Waals surface area contributed by atoms with E-state index in [4.69, 9.17) is 2.78 Å². The van der Waals surface area contributed by atoms with Gasteiger partial charge in [-0.3, -0.25) is 0 Å². The first-order chi connectivity index (χ1) is 7.41. The molecule has 0 aromatic carbocycles. The Morgan fingerprint density at radius 2 is 2.36 bits per heavy atom. The lowest BCUT2D eigenvalue weighted by molar-refractivity contribution is 0.500. The summed E-state index contributed by atoms with van der Waals surface area (Å²) in [7, 11) is 1.31. The Morgan fingerprint density at radius 3 is 2.71 bits per heavy atom. The molecule has 0 aliphatic heterocycles. The molecule has 5 nitrogen and oxygen atoms in total. The first-order valence-electron chi connectivity index (χ1n) is 5.39. The van der Waals surface area contributed by atoms with E-state index in [-0.39, 0.29) is 0 Å². The van der Waals surface area contributed by atoms with Crippen molar-refractivity contribution in [2.45, 2.75) is 26.3 Å². The summed E-state index contributed by atoms with van der Waals surface area (Å²) in [5, 5.41) is 0.498. The van der Waals surface area contributed by atoms with Crippen molar-refractivity contribution in [1.82, 2.24) is 14.3 Å². The summed E-state index contributed by atoms with van der Waals surface area (Å²) < 4.78 is 16.9. The molecule has 0 bridgehead atoms. The number of aromatic amines is 1. The van der Waals surface area contributed by atoms with E-state index in [0.717, 1.165) is 9.25 Å². The van der Waals surface area contributed by atoms with E-state index in [9.17, 15) is 9.59 Å². The van der Waals surface area contributed by atoms with Crippen LogP contribution in [0.2, 0.25) is 1.41 Å². The molecule has 0 radical (unpaired) electrons. The van der Waals surface area contributed by atoms with Gasteiger partial charge in [-0.05, 0) is 13.3 Å². The van der Waals surface area contributed by atoms with Crippen LogP contribution in [0.1, 0.15) is 27.7 Å². The number of nitrogens with one attached hydrogen (secondary N) is 1. The summed E-state index contributed by atoms with van der Waals surface area (Å²) in [6.45, 7) is 3.37. The van der Waals surface area contributed by atoms with E-state index in [1.165, 1.54) is 7.05 Å². The van der Waals surface area contributed by atoms with Gasteiger partial charge < -0.3 is 0 Å². The standard InChI is InChI=1S/C9H15N3O2/c1-4-6-7(5-2)12-9(14)11(3)8(13)10-12/h4,6-7H,5H2,1-3H3,(H,10,13)/b6-4+/t7-/m0/s1/i5D/hD/t5-,7+/m1. The molecule has 1 rings (SSSR count). The van der Waals surface area contributed by atoms with Crippen LogP contribution >= 0.6 is 0 Å². The first kappa shape index (κ1) is 7.84. The summed E-state index contributed by atoms with van der Waals surface area (Å²) in [5.74, 6) is 0. The molecule has 1 aromatic rings. The van der Waals surface area contributed by atoms with Gasteiger partial charge in [-0.1, -0.05) is 19.1 Å². The summed E-state index contributed by atoms with van der Waals surface area (Å²) in [6.07, 6.45) is 2.70. The maximum absolute atomic E-state index is 11.7. The molecule has 0 aliphatic rings. The molecule has 78 valence electrons. The number of rotatable bonds is 3. The zero-order valence-electron chi connectivity index (χ0n) is 10.5. The minimum Gasteiger partial charge on any atom is -0.246 e. The summed E-state index contributed by atoms with van der Waals surface area (Å²) in [6, 6.07) is -0.608. The SMILES string of the molecule is [2H][C@H](C)[C@@H](/C=C/C)n1c(=O)n(C)c(=O)n1[2H]. The molecule has 2 atom stereocenters. The first-order valence-corrected chi connectivity index (χ1v) is 4.36. The molecule has 0 aliphatic carbocycles. The van der Waals surface area contributed by atoms with Gasteiger partial charge >= 0.3 is 11.4 Å². The molecule has 1 heterocycles. The van der Waals surface area contributed by atoms with E-state index in [0.29, 0.717) is 5.09 Å². The van der Waals surface area contributed by atoms with E-state index < -0.39 is 23.8 Å². The quantitative estimate of drug-likeness (QED) is 0.716. The highest BCUT2D eigenvalue weighted by Crippen LogP contribution is 2.07. The predicted molar refractivity (Wildman–Crippen MR) is 54.4 cm³/mol. The molecular weight excluding hydrogens is 182 g/mol. The Balaban J connectivity index is 3.48. The van der Waals surface area contributed by atoms with E-state index >= 15 is 0 Å². The summed E-state index contributed by atoms with van der Waals surface area (Å²) >= 11 is 0. The highest BCUT2D eigenvalue weighted by Gasteiger charge is 2.11. The van der Waals surface area contributed by atoms with Gasteiger partial charge in [0.25, 0.3) is 0 Å². The van der Waals surface area contributed by atoms with Gasteiger partial charge in [0.05, 0.1) is 6.04 Å². The number of aromatic nitrogens is 3. The molecule has 1 N–H and O–H groups in total. The minimum absolute atomic E-state index is 0.498. The Kier molecular flexibility index (Phi) is 2.31. The highest BCUT2D eigenvalue weighted by molar-refractivity contribution is 4.89. The average Bonchev–Trinajstić information content (AvgIpc) is 2.41. The zero-order valence-corrected chi connectivity index (χ0v) is 8.47. The third-order valence-corrected chi connectivity index (χ3v) is 1.98. The Labute approximate surface area is 84.5 Å². The predicted octanol–water partition coefficient (Wildman–Crippen LogP) is 0.402. The largest absolute Gasteiger partial charge is 0.347 e. The number of H-pyrrole nitrogens is 1. The fourth-order valence-electron chi connectivity index (χ4n) is 1.16. The van der Waals surface area contributed by atoms with Crippen LogP contribution in [0.25, 0.3) is 0 Å². The van der Waals surface area contributed by atoms with Crippen LogP contribution in [0.3, 0.4) is 0 Å². The molecular formula is C9H15N3O2. The van der Waals surface area contributed by atoms with Crippen molar-refractivity contribution < 1.29 is 2.78 Å². The molecule has 0 fully saturated rings. The van der Waals surface area contributed by atoms with Gasteiger partial charge in [0.15, 0.2) is 1.41 Å². The van der Waals surface area contributed by atoms with Gasteiger partial charge in [-0.15, -0.1) is 0 Å². The van der Waals surface area contributed by atoms with E-state index in [2.05, 4.69) is 0 Å². The van der Waals surface area contributed by atoms with Crippen molar-refractivity contribution in [3.63, 3.8) is 0 Å². The lowest BCUT2D eigenvalue weighted by atomic mass is 10.2. The minimum atomic E-state index is -0.708. The average molecular weight is 199 g/mol. The Hall–Kier alpha value is -1.52. The van der Waals surface area contributed by atoms with Crippen LogP contribution in [0.4, 0.5) is 0 Å². The molecule has 0 unspecified atom stereocenters. The monoisotopic (exact) mass is 199 g/mol. The second kappa shape index (κ2) is 4.13. The molecule has 14 heavy (non-hydrogen) atoms. The van der Waals surface area contributed by atoms with Crippen LogP contribution in [-0.2, 0) is 7.05 Å². The highest BCUT2D eigenvalue weighted by atomic mass is 16.2. The Morgan fingerprint density at radius 1 is 1.71 bits per heavy atom. The second-order valence-electron chi connectivity index (χ2n) is 2.92. The number of hydrogen-bond donors (Lipinski definition) is 1.